The minimum Gasteiger partial charge on any atom is -0.492 e. The number of carbonyl (C=O) groups is 2. The van der Waals surface area contributed by atoms with Crippen molar-refractivity contribution in [2.45, 2.75) is 20.4 Å². The van der Waals surface area contributed by atoms with Crippen molar-refractivity contribution in [1.82, 2.24) is 25.0 Å². The monoisotopic (exact) mass is 478 g/mol. The lowest BCUT2D eigenvalue weighted by molar-refractivity contribution is 0.0600. The molecule has 184 valence electrons. The van der Waals surface area contributed by atoms with Gasteiger partial charge in [-0.1, -0.05) is 12.1 Å². The third kappa shape index (κ3) is 5.71. The van der Waals surface area contributed by atoms with Crippen molar-refractivity contribution in [1.29, 1.82) is 0 Å². The number of nitrogens with one attached hydrogen (secondary N) is 1. The van der Waals surface area contributed by atoms with Gasteiger partial charge in [-0.15, -0.1) is 0 Å². The number of esters is 1. The molecule has 0 aliphatic carbocycles. The lowest BCUT2D eigenvalue weighted by Crippen LogP contribution is -2.51. The first kappa shape index (κ1) is 24.1. The zero-order valence-electron chi connectivity index (χ0n) is 20.2. The summed E-state index contributed by atoms with van der Waals surface area (Å²) in [5, 5.41) is 7.35. The van der Waals surface area contributed by atoms with Crippen LogP contribution >= 0.6 is 0 Å². The maximum atomic E-state index is 12.7. The lowest BCUT2D eigenvalue weighted by Gasteiger charge is -2.36. The van der Waals surface area contributed by atoms with E-state index in [9.17, 15) is 9.59 Å². The van der Waals surface area contributed by atoms with Crippen molar-refractivity contribution in [3.63, 3.8) is 0 Å². The first-order valence-electron chi connectivity index (χ1n) is 11.6. The van der Waals surface area contributed by atoms with Crippen LogP contribution in [0.3, 0.4) is 0 Å². The van der Waals surface area contributed by atoms with Crippen LogP contribution in [-0.4, -0.2) is 71.6 Å². The topological polar surface area (TPSA) is 102 Å². The van der Waals surface area contributed by atoms with Crippen LogP contribution in [-0.2, 0) is 11.3 Å². The van der Waals surface area contributed by atoms with Crippen molar-refractivity contribution >= 4 is 17.7 Å². The van der Waals surface area contributed by atoms with Crippen LogP contribution in [0.1, 0.15) is 28.7 Å². The molecule has 1 fully saturated rings. The zero-order chi connectivity index (χ0) is 24.8. The molecule has 1 aliphatic rings. The summed E-state index contributed by atoms with van der Waals surface area (Å²) >= 11 is 0. The van der Waals surface area contributed by atoms with Gasteiger partial charge in [-0.2, -0.15) is 5.10 Å². The number of amides is 2. The summed E-state index contributed by atoms with van der Waals surface area (Å²) in [4.78, 5) is 32.5. The van der Waals surface area contributed by atoms with E-state index in [2.05, 4.69) is 20.3 Å². The summed E-state index contributed by atoms with van der Waals surface area (Å²) in [6.07, 6.45) is 1.68. The first-order valence-corrected chi connectivity index (χ1v) is 11.6. The molecule has 4 rings (SSSR count). The number of nitrogens with zero attached hydrogens (tertiary/aromatic N) is 5. The van der Waals surface area contributed by atoms with Crippen molar-refractivity contribution < 1.29 is 19.1 Å². The predicted octanol–water partition coefficient (Wildman–Crippen LogP) is 2.79. The minimum atomic E-state index is -0.380. The van der Waals surface area contributed by atoms with Gasteiger partial charge in [-0.25, -0.2) is 19.3 Å². The van der Waals surface area contributed by atoms with Crippen molar-refractivity contribution in [3.05, 3.63) is 65.7 Å². The Morgan fingerprint density at radius 2 is 1.80 bits per heavy atom. The Labute approximate surface area is 204 Å². The molecule has 0 atom stereocenters. The number of anilines is 1. The summed E-state index contributed by atoms with van der Waals surface area (Å²) < 4.78 is 12.3. The van der Waals surface area contributed by atoms with Gasteiger partial charge in [0.1, 0.15) is 23.6 Å². The number of ether oxygens (including phenoxy) is 2. The average Bonchev–Trinajstić information content (AvgIpc) is 3.33. The molecule has 1 aliphatic heterocycles. The number of benzene rings is 2. The molecule has 10 heteroatoms. The fourth-order valence-electron chi connectivity index (χ4n) is 3.96. The van der Waals surface area contributed by atoms with Gasteiger partial charge < -0.3 is 24.6 Å². The standard InChI is InChI=1S/C25H30N6O4/c1-4-35-23-15-21(9-10-22(23)31-17-27-18(2)28-31)29-11-13-30(14-12-29)25(33)26-16-19-5-7-20(8-6-19)24(32)34-3/h5-10,15,17H,4,11-14,16H2,1-3H3,(H,26,33). The van der Waals surface area contributed by atoms with E-state index >= 15 is 0 Å². The molecule has 0 bridgehead atoms. The fraction of sp³-hybridized carbons (Fsp3) is 0.360. The van der Waals surface area contributed by atoms with E-state index in [4.69, 9.17) is 9.47 Å². The average molecular weight is 479 g/mol. The highest BCUT2D eigenvalue weighted by atomic mass is 16.5. The predicted molar refractivity (Wildman–Crippen MR) is 131 cm³/mol. The summed E-state index contributed by atoms with van der Waals surface area (Å²) in [6, 6.07) is 12.9. The third-order valence-corrected chi connectivity index (χ3v) is 5.85. The molecule has 35 heavy (non-hydrogen) atoms. The Morgan fingerprint density at radius 1 is 1.06 bits per heavy atom. The Balaban J connectivity index is 1.33. The third-order valence-electron chi connectivity index (χ3n) is 5.85. The molecule has 0 saturated carbocycles. The van der Waals surface area contributed by atoms with E-state index < -0.39 is 0 Å². The molecule has 2 amide bonds. The number of rotatable bonds is 7. The van der Waals surface area contributed by atoms with Gasteiger partial charge in [-0.3, -0.25) is 0 Å². The maximum Gasteiger partial charge on any atom is 0.337 e. The number of aryl methyl sites for hydroxylation is 1. The van der Waals surface area contributed by atoms with Crippen LogP contribution in [0.15, 0.2) is 48.8 Å². The van der Waals surface area contributed by atoms with E-state index in [1.54, 1.807) is 23.1 Å². The van der Waals surface area contributed by atoms with Crippen LogP contribution in [0.25, 0.3) is 5.69 Å². The van der Waals surface area contributed by atoms with Gasteiger partial charge in [0.25, 0.3) is 0 Å². The Kier molecular flexibility index (Phi) is 7.49. The SMILES string of the molecule is CCOc1cc(N2CCN(C(=O)NCc3ccc(C(=O)OC)cc3)CC2)ccc1-n1cnc(C)n1. The quantitative estimate of drug-likeness (QED) is 0.521. The number of methoxy groups -OCH3 is 1. The van der Waals surface area contributed by atoms with Crippen LogP contribution in [0.5, 0.6) is 5.75 Å². The minimum absolute atomic E-state index is 0.103. The molecule has 1 saturated heterocycles. The zero-order valence-corrected chi connectivity index (χ0v) is 20.2. The number of carbonyl (C=O) groups excluding carboxylic acids is 2. The van der Waals surface area contributed by atoms with Gasteiger partial charge in [0.15, 0.2) is 0 Å². The fourth-order valence-corrected chi connectivity index (χ4v) is 3.96. The van der Waals surface area contributed by atoms with Gasteiger partial charge in [0.2, 0.25) is 0 Å². The van der Waals surface area contributed by atoms with Crippen LogP contribution in [0.2, 0.25) is 0 Å². The normalized spacial score (nSPS) is 13.5. The second kappa shape index (κ2) is 10.9. The molecular weight excluding hydrogens is 448 g/mol. The molecule has 10 nitrogen and oxygen atoms in total. The molecule has 0 radical (unpaired) electrons. The van der Waals surface area contributed by atoms with Crippen molar-refractivity contribution in [2.24, 2.45) is 0 Å². The van der Waals surface area contributed by atoms with Crippen molar-refractivity contribution in [2.75, 3.05) is 44.8 Å². The lowest BCUT2D eigenvalue weighted by atomic mass is 10.1. The smallest absolute Gasteiger partial charge is 0.337 e. The number of aromatic nitrogens is 3. The van der Waals surface area contributed by atoms with Crippen LogP contribution in [0, 0.1) is 6.92 Å². The molecule has 1 N–H and O–H groups in total. The number of hydrogen-bond acceptors (Lipinski definition) is 7. The Hall–Kier alpha value is -4.08. The maximum absolute atomic E-state index is 12.7. The van der Waals surface area contributed by atoms with Gasteiger partial charge >= 0.3 is 12.0 Å². The first-order chi connectivity index (χ1) is 17.0. The Morgan fingerprint density at radius 3 is 2.43 bits per heavy atom. The molecule has 2 heterocycles. The second-order valence-corrected chi connectivity index (χ2v) is 8.14. The largest absolute Gasteiger partial charge is 0.492 e. The highest BCUT2D eigenvalue weighted by molar-refractivity contribution is 5.89. The second-order valence-electron chi connectivity index (χ2n) is 8.14. The van der Waals surface area contributed by atoms with E-state index in [0.29, 0.717) is 50.7 Å². The number of urea groups is 1. The van der Waals surface area contributed by atoms with Gasteiger partial charge in [0, 0.05) is 44.5 Å². The Bertz CT molecular complexity index is 1170. The summed E-state index contributed by atoms with van der Waals surface area (Å²) in [6.45, 7) is 7.39. The summed E-state index contributed by atoms with van der Waals surface area (Å²) in [7, 11) is 1.35. The molecule has 0 spiro atoms. The number of piperazine rings is 1. The highest BCUT2D eigenvalue weighted by Gasteiger charge is 2.22. The number of hydrogen-bond donors (Lipinski definition) is 1. The molecule has 3 aromatic rings. The van der Waals surface area contributed by atoms with E-state index in [-0.39, 0.29) is 12.0 Å². The van der Waals surface area contributed by atoms with Gasteiger partial charge in [0.05, 0.1) is 19.3 Å². The molecule has 1 aromatic heterocycles. The summed E-state index contributed by atoms with van der Waals surface area (Å²) in [5.41, 5.74) is 3.28. The molecule has 0 unspecified atom stereocenters. The molecule has 2 aromatic carbocycles. The van der Waals surface area contributed by atoms with Gasteiger partial charge in [-0.05, 0) is 43.7 Å². The van der Waals surface area contributed by atoms with Crippen LogP contribution in [0.4, 0.5) is 10.5 Å². The molecular formula is C25H30N6O4. The highest BCUT2D eigenvalue weighted by Crippen LogP contribution is 2.29. The van der Waals surface area contributed by atoms with E-state index in [0.717, 1.165) is 22.7 Å². The van der Waals surface area contributed by atoms with Crippen LogP contribution < -0.4 is 15.0 Å². The van der Waals surface area contributed by atoms with Crippen molar-refractivity contribution in [3.8, 4) is 11.4 Å². The van der Waals surface area contributed by atoms with E-state index in [1.807, 2.05) is 49.1 Å². The van der Waals surface area contributed by atoms with E-state index in [1.165, 1.54) is 7.11 Å². The summed E-state index contributed by atoms with van der Waals surface area (Å²) in [5.74, 6) is 1.06.